The Balaban J connectivity index is 1.36. The van der Waals surface area contributed by atoms with Crippen molar-refractivity contribution >= 4 is 35.0 Å². The average Bonchev–Trinajstić information content (AvgIpc) is 2.84. The molecule has 0 atom stereocenters. The second-order valence-corrected chi connectivity index (χ2v) is 9.67. The molecular formula is C26H30Cl2N2O3. The molecule has 176 valence electrons. The van der Waals surface area contributed by atoms with E-state index in [2.05, 4.69) is 12.1 Å². The molecule has 0 N–H and O–H groups in total. The first-order valence-electron chi connectivity index (χ1n) is 11.6. The first-order chi connectivity index (χ1) is 16.0. The number of amides is 2. The number of hydrogen-bond acceptors (Lipinski definition) is 3. The lowest BCUT2D eigenvalue weighted by Crippen LogP contribution is -2.56. The van der Waals surface area contributed by atoms with Gasteiger partial charge in [0.25, 0.3) is 0 Å². The Bertz CT molecular complexity index is 969. The van der Waals surface area contributed by atoms with Crippen molar-refractivity contribution in [2.45, 2.75) is 37.5 Å². The minimum Gasteiger partial charge on any atom is -0.381 e. The topological polar surface area (TPSA) is 49.9 Å². The quantitative estimate of drug-likeness (QED) is 0.590. The fourth-order valence-corrected chi connectivity index (χ4v) is 5.49. The van der Waals surface area contributed by atoms with Crippen LogP contribution in [0.4, 0.5) is 0 Å². The summed E-state index contributed by atoms with van der Waals surface area (Å²) >= 11 is 12.6. The minimum atomic E-state index is -0.707. The molecule has 0 aromatic heterocycles. The Hall–Kier alpha value is -2.08. The molecule has 0 saturated carbocycles. The molecule has 2 amide bonds. The summed E-state index contributed by atoms with van der Waals surface area (Å²) in [5.74, 6) is 0.241. The zero-order chi connectivity index (χ0) is 23.3. The molecule has 2 saturated heterocycles. The fourth-order valence-electron chi connectivity index (χ4n) is 4.90. The van der Waals surface area contributed by atoms with Crippen molar-refractivity contribution in [1.82, 2.24) is 9.80 Å². The molecule has 0 bridgehead atoms. The Morgan fingerprint density at radius 2 is 1.58 bits per heavy atom. The largest absolute Gasteiger partial charge is 0.381 e. The van der Waals surface area contributed by atoms with Crippen molar-refractivity contribution in [3.63, 3.8) is 0 Å². The molecule has 2 heterocycles. The van der Waals surface area contributed by atoms with Crippen LogP contribution in [-0.2, 0) is 26.2 Å². The van der Waals surface area contributed by atoms with Crippen molar-refractivity contribution < 1.29 is 14.3 Å². The van der Waals surface area contributed by atoms with E-state index in [1.165, 1.54) is 5.56 Å². The molecule has 7 heteroatoms. The maximum atomic E-state index is 13.8. The number of aryl methyl sites for hydroxylation is 1. The summed E-state index contributed by atoms with van der Waals surface area (Å²) in [7, 11) is 0. The SMILES string of the molecule is O=C(CCCc1ccccc1)N1CCN(C(=O)C2(c3ccc(Cl)cc3Cl)CCOCC2)CC1. The minimum absolute atomic E-state index is 0.0752. The number of benzene rings is 2. The van der Waals surface area contributed by atoms with Gasteiger partial charge in [0.15, 0.2) is 0 Å². The summed E-state index contributed by atoms with van der Waals surface area (Å²) in [5.41, 5.74) is 1.37. The number of halogens is 2. The Kier molecular flexibility index (Phi) is 7.94. The van der Waals surface area contributed by atoms with Gasteiger partial charge in [-0.1, -0.05) is 59.6 Å². The zero-order valence-electron chi connectivity index (χ0n) is 18.8. The maximum Gasteiger partial charge on any atom is 0.233 e. The molecule has 5 nitrogen and oxygen atoms in total. The molecule has 2 fully saturated rings. The van der Waals surface area contributed by atoms with Crippen LogP contribution in [0.25, 0.3) is 0 Å². The van der Waals surface area contributed by atoms with Gasteiger partial charge in [0.2, 0.25) is 11.8 Å². The van der Waals surface area contributed by atoms with Gasteiger partial charge in [0.05, 0.1) is 5.41 Å². The van der Waals surface area contributed by atoms with Gasteiger partial charge in [-0.05, 0) is 48.9 Å². The van der Waals surface area contributed by atoms with E-state index in [-0.39, 0.29) is 11.8 Å². The van der Waals surface area contributed by atoms with Crippen LogP contribution in [0, 0.1) is 0 Å². The van der Waals surface area contributed by atoms with Crippen LogP contribution >= 0.6 is 23.2 Å². The normalized spacial score (nSPS) is 18.2. The monoisotopic (exact) mass is 488 g/mol. The van der Waals surface area contributed by atoms with Crippen molar-refractivity contribution in [3.8, 4) is 0 Å². The fraction of sp³-hybridized carbons (Fsp3) is 0.462. The van der Waals surface area contributed by atoms with E-state index >= 15 is 0 Å². The number of ether oxygens (including phenoxy) is 1. The number of rotatable bonds is 6. The van der Waals surface area contributed by atoms with E-state index < -0.39 is 5.41 Å². The van der Waals surface area contributed by atoms with Crippen molar-refractivity contribution in [2.75, 3.05) is 39.4 Å². The molecule has 33 heavy (non-hydrogen) atoms. The summed E-state index contributed by atoms with van der Waals surface area (Å²) in [5, 5.41) is 1.07. The van der Waals surface area contributed by atoms with Crippen LogP contribution in [0.1, 0.15) is 36.8 Å². The molecule has 2 aliphatic rings. The van der Waals surface area contributed by atoms with Gasteiger partial charge in [-0.2, -0.15) is 0 Å². The lowest BCUT2D eigenvalue weighted by atomic mass is 9.72. The molecule has 0 aliphatic carbocycles. The summed E-state index contributed by atoms with van der Waals surface area (Å²) in [6.07, 6.45) is 3.44. The number of piperazine rings is 1. The van der Waals surface area contributed by atoms with Gasteiger partial charge in [-0.25, -0.2) is 0 Å². The summed E-state index contributed by atoms with van der Waals surface area (Å²) < 4.78 is 5.57. The Morgan fingerprint density at radius 1 is 0.909 bits per heavy atom. The highest BCUT2D eigenvalue weighted by molar-refractivity contribution is 6.35. The van der Waals surface area contributed by atoms with Crippen LogP contribution in [0.15, 0.2) is 48.5 Å². The lowest BCUT2D eigenvalue weighted by molar-refractivity contribution is -0.146. The number of carbonyl (C=O) groups is 2. The summed E-state index contributed by atoms with van der Waals surface area (Å²) in [6, 6.07) is 15.6. The highest BCUT2D eigenvalue weighted by Gasteiger charge is 2.45. The van der Waals surface area contributed by atoms with Crippen LogP contribution < -0.4 is 0 Å². The predicted octanol–water partition coefficient (Wildman–Crippen LogP) is 4.74. The van der Waals surface area contributed by atoms with E-state index in [0.717, 1.165) is 18.4 Å². The Labute approximate surface area is 205 Å². The smallest absolute Gasteiger partial charge is 0.233 e. The first kappa shape index (κ1) is 24.1. The van der Waals surface area contributed by atoms with E-state index in [1.54, 1.807) is 12.1 Å². The first-order valence-corrected chi connectivity index (χ1v) is 12.4. The van der Waals surface area contributed by atoms with Crippen LogP contribution in [0.3, 0.4) is 0 Å². The summed E-state index contributed by atoms with van der Waals surface area (Å²) in [6.45, 7) is 3.25. The molecule has 4 rings (SSSR count). The maximum absolute atomic E-state index is 13.8. The van der Waals surface area contributed by atoms with Gasteiger partial charge < -0.3 is 14.5 Å². The molecule has 2 aromatic rings. The van der Waals surface area contributed by atoms with Crippen LogP contribution in [-0.4, -0.2) is 61.0 Å². The van der Waals surface area contributed by atoms with Gasteiger partial charge in [-0.3, -0.25) is 9.59 Å². The van der Waals surface area contributed by atoms with Crippen LogP contribution in [0.5, 0.6) is 0 Å². The van der Waals surface area contributed by atoms with Gasteiger partial charge in [-0.15, -0.1) is 0 Å². The van der Waals surface area contributed by atoms with Gasteiger partial charge in [0.1, 0.15) is 0 Å². The van der Waals surface area contributed by atoms with E-state index in [9.17, 15) is 9.59 Å². The second-order valence-electron chi connectivity index (χ2n) is 8.83. The third kappa shape index (κ3) is 5.53. The lowest BCUT2D eigenvalue weighted by Gasteiger charge is -2.43. The molecule has 2 aliphatic heterocycles. The van der Waals surface area contributed by atoms with Crippen molar-refractivity contribution in [3.05, 3.63) is 69.7 Å². The molecule has 0 unspecified atom stereocenters. The van der Waals surface area contributed by atoms with Gasteiger partial charge in [0, 0.05) is 55.9 Å². The molecule has 2 aromatic carbocycles. The van der Waals surface area contributed by atoms with E-state index in [0.29, 0.717) is 68.7 Å². The Morgan fingerprint density at radius 3 is 2.24 bits per heavy atom. The predicted molar refractivity (Wildman–Crippen MR) is 131 cm³/mol. The van der Waals surface area contributed by atoms with Gasteiger partial charge >= 0.3 is 0 Å². The van der Waals surface area contributed by atoms with E-state index in [4.69, 9.17) is 27.9 Å². The molecular weight excluding hydrogens is 459 g/mol. The second kappa shape index (κ2) is 10.9. The molecule has 0 spiro atoms. The third-order valence-electron chi connectivity index (χ3n) is 6.82. The highest BCUT2D eigenvalue weighted by atomic mass is 35.5. The van der Waals surface area contributed by atoms with Crippen molar-refractivity contribution in [2.24, 2.45) is 0 Å². The third-order valence-corrected chi connectivity index (χ3v) is 7.37. The average molecular weight is 489 g/mol. The zero-order valence-corrected chi connectivity index (χ0v) is 20.3. The standard InChI is InChI=1S/C26H30Cl2N2O3/c27-21-9-10-22(23(28)19-21)26(11-17-33-18-12-26)25(32)30-15-13-29(14-16-30)24(31)8-4-7-20-5-2-1-3-6-20/h1-3,5-6,9-10,19H,4,7-8,11-18H2. The summed E-state index contributed by atoms with van der Waals surface area (Å²) in [4.78, 5) is 30.3. The number of hydrogen-bond donors (Lipinski definition) is 0. The number of carbonyl (C=O) groups excluding carboxylic acids is 2. The van der Waals surface area contributed by atoms with Crippen molar-refractivity contribution in [1.29, 1.82) is 0 Å². The van der Waals surface area contributed by atoms with E-state index in [1.807, 2.05) is 34.1 Å². The van der Waals surface area contributed by atoms with Crippen LogP contribution in [0.2, 0.25) is 10.0 Å². The highest BCUT2D eigenvalue weighted by Crippen LogP contribution is 2.41. The molecule has 0 radical (unpaired) electrons. The number of nitrogens with zero attached hydrogens (tertiary/aromatic N) is 2.